The van der Waals surface area contributed by atoms with Crippen LogP contribution in [0, 0.1) is 0 Å². The fourth-order valence-electron chi connectivity index (χ4n) is 2.18. The molecule has 1 unspecified atom stereocenters. The van der Waals surface area contributed by atoms with Crippen LogP contribution in [-0.2, 0) is 4.74 Å². The number of aliphatic hydroxyl groups is 1. The molecule has 5 nitrogen and oxygen atoms in total. The van der Waals surface area contributed by atoms with Crippen molar-refractivity contribution in [2.45, 2.75) is 6.29 Å². The van der Waals surface area contributed by atoms with Crippen molar-refractivity contribution >= 4 is 5.97 Å². The predicted octanol–water partition coefficient (Wildman–Crippen LogP) is 1.92. The Morgan fingerprint density at radius 2 is 2.05 bits per heavy atom. The maximum Gasteiger partial charge on any atom is 0.341 e. The van der Waals surface area contributed by atoms with Gasteiger partial charge in [-0.25, -0.2) is 4.79 Å². The molecule has 2 aromatic rings. The monoisotopic (exact) mass is 257 g/mol. The lowest BCUT2D eigenvalue weighted by Gasteiger charge is -2.11. The van der Waals surface area contributed by atoms with Crippen molar-refractivity contribution in [3.8, 4) is 17.0 Å². The zero-order valence-corrected chi connectivity index (χ0v) is 10.2. The van der Waals surface area contributed by atoms with Gasteiger partial charge in [-0.2, -0.15) is 0 Å². The Balaban J connectivity index is 2.25. The van der Waals surface area contributed by atoms with Crippen LogP contribution in [0.3, 0.4) is 0 Å². The van der Waals surface area contributed by atoms with Gasteiger partial charge in [-0.15, -0.1) is 0 Å². The number of aliphatic hydroxyl groups excluding tert-OH is 1. The fraction of sp³-hybridized carbons (Fsp3) is 0.143. The lowest BCUT2D eigenvalue weighted by atomic mass is 10.0. The van der Waals surface area contributed by atoms with Crippen LogP contribution in [0.25, 0.3) is 11.3 Å². The minimum atomic E-state index is -1.28. The normalized spacial score (nSPS) is 16.9. The molecule has 96 valence electrons. The smallest absolute Gasteiger partial charge is 0.341 e. The second-order valence-electron chi connectivity index (χ2n) is 4.08. The van der Waals surface area contributed by atoms with Crippen LogP contribution in [0.15, 0.2) is 36.5 Å². The van der Waals surface area contributed by atoms with Crippen LogP contribution < -0.4 is 4.74 Å². The Labute approximate surface area is 109 Å². The molecule has 1 atom stereocenters. The standard InChI is InChI=1S/C14H11NO4/c1-18-10-5-3-2-4-8(10)12-11-9(6-7-15-12)13(16)19-14(11)17/h2-7,14,17H,1H3. The van der Waals surface area contributed by atoms with Gasteiger partial charge in [0, 0.05) is 11.8 Å². The molecule has 3 rings (SSSR count). The number of nitrogens with zero attached hydrogens (tertiary/aromatic N) is 1. The van der Waals surface area contributed by atoms with E-state index in [2.05, 4.69) is 4.98 Å². The number of rotatable bonds is 2. The quantitative estimate of drug-likeness (QED) is 0.832. The van der Waals surface area contributed by atoms with E-state index in [9.17, 15) is 9.90 Å². The van der Waals surface area contributed by atoms with Crippen molar-refractivity contribution in [3.05, 3.63) is 47.7 Å². The second-order valence-corrected chi connectivity index (χ2v) is 4.08. The first-order valence-corrected chi connectivity index (χ1v) is 5.73. The zero-order chi connectivity index (χ0) is 13.4. The van der Waals surface area contributed by atoms with E-state index in [0.29, 0.717) is 28.1 Å². The Hall–Kier alpha value is -2.40. The van der Waals surface area contributed by atoms with Gasteiger partial charge in [0.15, 0.2) is 0 Å². The third kappa shape index (κ3) is 1.75. The van der Waals surface area contributed by atoms with Crippen LogP contribution >= 0.6 is 0 Å². The number of hydrogen-bond donors (Lipinski definition) is 1. The molecule has 1 aromatic carbocycles. The van der Waals surface area contributed by atoms with Crippen molar-refractivity contribution < 1.29 is 19.4 Å². The van der Waals surface area contributed by atoms with E-state index >= 15 is 0 Å². The number of methoxy groups -OCH3 is 1. The van der Waals surface area contributed by atoms with Gasteiger partial charge in [-0.3, -0.25) is 4.98 Å². The first-order valence-electron chi connectivity index (χ1n) is 5.73. The zero-order valence-electron chi connectivity index (χ0n) is 10.2. The van der Waals surface area contributed by atoms with Gasteiger partial charge < -0.3 is 14.6 Å². The summed E-state index contributed by atoms with van der Waals surface area (Å²) in [4.78, 5) is 15.8. The number of ether oxygens (including phenoxy) is 2. The van der Waals surface area contributed by atoms with Gasteiger partial charge in [0.25, 0.3) is 0 Å². The molecule has 0 amide bonds. The van der Waals surface area contributed by atoms with Gasteiger partial charge in [0.2, 0.25) is 6.29 Å². The Kier molecular flexibility index (Phi) is 2.68. The summed E-state index contributed by atoms with van der Waals surface area (Å²) in [5.74, 6) is 0.0796. The number of hydrogen-bond acceptors (Lipinski definition) is 5. The first kappa shape index (κ1) is 11.7. The van der Waals surface area contributed by atoms with Gasteiger partial charge in [-0.1, -0.05) is 12.1 Å². The van der Waals surface area contributed by atoms with E-state index in [1.165, 1.54) is 12.3 Å². The molecular weight excluding hydrogens is 246 g/mol. The molecule has 1 aromatic heterocycles. The van der Waals surface area contributed by atoms with E-state index < -0.39 is 12.3 Å². The van der Waals surface area contributed by atoms with E-state index in [1.807, 2.05) is 18.2 Å². The molecule has 0 saturated carbocycles. The van der Waals surface area contributed by atoms with E-state index in [1.54, 1.807) is 13.2 Å². The number of para-hydroxylation sites is 1. The molecule has 1 aliphatic heterocycles. The summed E-state index contributed by atoms with van der Waals surface area (Å²) in [6, 6.07) is 8.82. The summed E-state index contributed by atoms with van der Waals surface area (Å²) in [6.07, 6.45) is 0.232. The molecule has 19 heavy (non-hydrogen) atoms. The SMILES string of the molecule is COc1ccccc1-c1nccc2c1C(O)OC2=O. The van der Waals surface area contributed by atoms with Crippen LogP contribution in [0.1, 0.15) is 22.2 Å². The number of aromatic nitrogens is 1. The summed E-state index contributed by atoms with van der Waals surface area (Å²) in [7, 11) is 1.56. The van der Waals surface area contributed by atoms with Gasteiger partial charge >= 0.3 is 5.97 Å². The average Bonchev–Trinajstić information content (AvgIpc) is 2.74. The first-order chi connectivity index (χ1) is 9.22. The Bertz CT molecular complexity index is 654. The molecular formula is C14H11NO4. The topological polar surface area (TPSA) is 68.7 Å². The number of carbonyl (C=O) groups excluding carboxylic acids is 1. The van der Waals surface area contributed by atoms with Crippen molar-refractivity contribution in [3.63, 3.8) is 0 Å². The van der Waals surface area contributed by atoms with Crippen molar-refractivity contribution in [2.24, 2.45) is 0 Å². The molecule has 0 fully saturated rings. The van der Waals surface area contributed by atoms with E-state index in [0.717, 1.165) is 0 Å². The maximum absolute atomic E-state index is 11.6. The van der Waals surface area contributed by atoms with Crippen molar-refractivity contribution in [2.75, 3.05) is 7.11 Å². The van der Waals surface area contributed by atoms with Crippen LogP contribution in [0.4, 0.5) is 0 Å². The fourth-order valence-corrected chi connectivity index (χ4v) is 2.18. The average molecular weight is 257 g/mol. The molecule has 0 bridgehead atoms. The largest absolute Gasteiger partial charge is 0.496 e. The van der Waals surface area contributed by atoms with Crippen LogP contribution in [-0.4, -0.2) is 23.2 Å². The van der Waals surface area contributed by atoms with Crippen LogP contribution in [0.2, 0.25) is 0 Å². The van der Waals surface area contributed by atoms with Gasteiger partial charge in [0.05, 0.1) is 23.9 Å². The molecule has 1 N–H and O–H groups in total. The number of fused-ring (bicyclic) bond motifs is 1. The minimum Gasteiger partial charge on any atom is -0.496 e. The highest BCUT2D eigenvalue weighted by molar-refractivity contribution is 5.96. The number of carbonyl (C=O) groups is 1. The minimum absolute atomic E-state index is 0.336. The summed E-state index contributed by atoms with van der Waals surface area (Å²) >= 11 is 0. The third-order valence-electron chi connectivity index (χ3n) is 3.04. The molecule has 2 heterocycles. The number of esters is 1. The Morgan fingerprint density at radius 1 is 1.26 bits per heavy atom. The summed E-state index contributed by atoms with van der Waals surface area (Å²) in [6.45, 7) is 0. The number of pyridine rings is 1. The highest BCUT2D eigenvalue weighted by atomic mass is 16.6. The number of cyclic esters (lactones) is 1. The predicted molar refractivity (Wildman–Crippen MR) is 66.6 cm³/mol. The molecule has 0 spiro atoms. The molecule has 0 saturated heterocycles. The van der Waals surface area contributed by atoms with Gasteiger partial charge in [-0.05, 0) is 18.2 Å². The highest BCUT2D eigenvalue weighted by Gasteiger charge is 2.33. The molecule has 1 aliphatic rings. The second kappa shape index (κ2) is 4.37. The van der Waals surface area contributed by atoms with Gasteiger partial charge in [0.1, 0.15) is 5.75 Å². The summed E-state index contributed by atoms with van der Waals surface area (Å²) < 4.78 is 10.1. The number of benzene rings is 1. The lowest BCUT2D eigenvalue weighted by molar-refractivity contribution is -0.0545. The van der Waals surface area contributed by atoms with E-state index in [4.69, 9.17) is 9.47 Å². The molecule has 5 heteroatoms. The highest BCUT2D eigenvalue weighted by Crippen LogP contribution is 2.38. The lowest BCUT2D eigenvalue weighted by Crippen LogP contribution is -1.99. The summed E-state index contributed by atoms with van der Waals surface area (Å²) in [5.41, 5.74) is 1.92. The summed E-state index contributed by atoms with van der Waals surface area (Å²) in [5, 5.41) is 9.83. The third-order valence-corrected chi connectivity index (χ3v) is 3.04. The molecule has 0 aliphatic carbocycles. The molecule has 0 radical (unpaired) electrons. The van der Waals surface area contributed by atoms with Crippen molar-refractivity contribution in [1.29, 1.82) is 0 Å². The maximum atomic E-state index is 11.6. The van der Waals surface area contributed by atoms with E-state index in [-0.39, 0.29) is 0 Å². The van der Waals surface area contributed by atoms with Crippen LogP contribution in [0.5, 0.6) is 5.75 Å². The Morgan fingerprint density at radius 3 is 2.84 bits per heavy atom. The van der Waals surface area contributed by atoms with Crippen molar-refractivity contribution in [1.82, 2.24) is 4.98 Å².